The van der Waals surface area contributed by atoms with E-state index in [1.165, 1.54) is 35.4 Å². The lowest BCUT2D eigenvalue weighted by Gasteiger charge is -2.17. The number of carbonyl (C=O) groups excluding carboxylic acids is 2. The van der Waals surface area contributed by atoms with Crippen LogP contribution in [0, 0.1) is 5.82 Å². The highest BCUT2D eigenvalue weighted by atomic mass is 35.5. The zero-order chi connectivity index (χ0) is 15.7. The van der Waals surface area contributed by atoms with Crippen LogP contribution in [0.15, 0.2) is 30.5 Å². The minimum absolute atomic E-state index is 0.0461. The van der Waals surface area contributed by atoms with Gasteiger partial charge in [0.25, 0.3) is 5.91 Å². The number of halogens is 2. The van der Waals surface area contributed by atoms with Gasteiger partial charge in [0.1, 0.15) is 17.6 Å². The lowest BCUT2D eigenvalue weighted by molar-refractivity contribution is -0.118. The predicted octanol–water partition coefficient (Wildman–Crippen LogP) is 1.74. The molecule has 1 aromatic heterocycles. The molecule has 1 aromatic carbocycles. The summed E-state index contributed by atoms with van der Waals surface area (Å²) in [6.45, 7) is 0.425. The third kappa shape index (κ3) is 2.67. The number of nitrogens with zero attached hydrogens (tertiary/aromatic N) is 2. The molecule has 2 aromatic rings. The molecule has 1 fully saturated rings. The van der Waals surface area contributed by atoms with E-state index in [0.29, 0.717) is 18.7 Å². The van der Waals surface area contributed by atoms with Crippen molar-refractivity contribution in [3.63, 3.8) is 0 Å². The maximum atomic E-state index is 13.2. The maximum Gasteiger partial charge on any atom is 0.269 e. The molecule has 1 aliphatic rings. The average molecular weight is 323 g/mol. The maximum absolute atomic E-state index is 13.2. The molecule has 1 atom stereocenters. The van der Waals surface area contributed by atoms with Crippen LogP contribution in [0.25, 0.3) is 0 Å². The van der Waals surface area contributed by atoms with E-state index in [-0.39, 0.29) is 16.6 Å². The number of aromatic nitrogens is 2. The van der Waals surface area contributed by atoms with Gasteiger partial charge in [-0.1, -0.05) is 11.6 Å². The second-order valence-electron chi connectivity index (χ2n) is 4.87. The van der Waals surface area contributed by atoms with Gasteiger partial charge in [-0.15, -0.1) is 0 Å². The van der Waals surface area contributed by atoms with E-state index >= 15 is 0 Å². The molecule has 22 heavy (non-hydrogen) atoms. The molecule has 0 aliphatic carbocycles. The molecular weight excluding hydrogens is 311 g/mol. The van der Waals surface area contributed by atoms with E-state index in [2.05, 4.69) is 15.5 Å². The van der Waals surface area contributed by atoms with Crippen molar-refractivity contribution >= 4 is 29.1 Å². The Hall–Kier alpha value is -2.41. The first-order chi connectivity index (χ1) is 10.6. The zero-order valence-corrected chi connectivity index (χ0v) is 12.1. The molecule has 0 bridgehead atoms. The van der Waals surface area contributed by atoms with Gasteiger partial charge >= 0.3 is 0 Å². The van der Waals surface area contributed by atoms with Gasteiger partial charge in [-0.05, 0) is 30.7 Å². The number of nitrogens with one attached hydrogen (secondary N) is 2. The van der Waals surface area contributed by atoms with Gasteiger partial charge in [0.15, 0.2) is 0 Å². The van der Waals surface area contributed by atoms with Gasteiger partial charge in [-0.3, -0.25) is 14.7 Å². The number of hydrogen-bond donors (Lipinski definition) is 2. The summed E-state index contributed by atoms with van der Waals surface area (Å²) >= 11 is 5.73. The molecule has 1 saturated heterocycles. The van der Waals surface area contributed by atoms with Crippen molar-refractivity contribution in [2.75, 3.05) is 11.4 Å². The molecule has 114 valence electrons. The van der Waals surface area contributed by atoms with Crippen LogP contribution in [-0.2, 0) is 4.79 Å². The van der Waals surface area contributed by atoms with E-state index in [9.17, 15) is 14.0 Å². The predicted molar refractivity (Wildman–Crippen MR) is 78.2 cm³/mol. The summed E-state index contributed by atoms with van der Waals surface area (Å²) in [4.78, 5) is 25.8. The number of aromatic amines is 1. The second kappa shape index (κ2) is 5.76. The molecule has 2 amide bonds. The summed E-state index contributed by atoms with van der Waals surface area (Å²) in [6.07, 6.45) is 1.92. The van der Waals surface area contributed by atoms with Crippen molar-refractivity contribution in [3.8, 4) is 0 Å². The first-order valence-corrected chi connectivity index (χ1v) is 7.01. The fourth-order valence-corrected chi connectivity index (χ4v) is 2.52. The van der Waals surface area contributed by atoms with Crippen molar-refractivity contribution in [2.24, 2.45) is 0 Å². The molecule has 6 nitrogen and oxygen atoms in total. The summed E-state index contributed by atoms with van der Waals surface area (Å²) in [5.74, 6) is -1.19. The summed E-state index contributed by atoms with van der Waals surface area (Å²) in [6, 6.07) is 4.99. The lowest BCUT2D eigenvalue weighted by Crippen LogP contribution is -2.41. The van der Waals surface area contributed by atoms with E-state index in [4.69, 9.17) is 11.6 Å². The second-order valence-corrected chi connectivity index (χ2v) is 5.28. The molecular formula is C14H12ClFN4O2. The molecule has 3 rings (SSSR count). The third-order valence-electron chi connectivity index (χ3n) is 3.47. The van der Waals surface area contributed by atoms with Crippen molar-refractivity contribution in [1.82, 2.24) is 15.5 Å². The minimum Gasteiger partial charge on any atom is -0.339 e. The fourth-order valence-electron chi connectivity index (χ4n) is 2.34. The number of anilines is 1. The SMILES string of the molecule is O=C(N[C@H]1CCN(c2ccc(F)c(Cl)c2)C1=O)c1ccn[nH]1. The van der Waals surface area contributed by atoms with Crippen molar-refractivity contribution in [1.29, 1.82) is 0 Å². The number of amides is 2. The van der Waals surface area contributed by atoms with Crippen molar-refractivity contribution < 1.29 is 14.0 Å². The lowest BCUT2D eigenvalue weighted by atomic mass is 10.2. The van der Waals surface area contributed by atoms with Gasteiger partial charge in [-0.25, -0.2) is 4.39 Å². The Labute approximate surface area is 130 Å². The van der Waals surface area contributed by atoms with Gasteiger partial charge in [-0.2, -0.15) is 5.10 Å². The van der Waals surface area contributed by atoms with Gasteiger partial charge in [0.2, 0.25) is 5.91 Å². The molecule has 0 saturated carbocycles. The highest BCUT2D eigenvalue weighted by Crippen LogP contribution is 2.26. The summed E-state index contributed by atoms with van der Waals surface area (Å²) in [7, 11) is 0. The van der Waals surface area contributed by atoms with E-state index < -0.39 is 17.8 Å². The molecule has 0 unspecified atom stereocenters. The standard InChI is InChI=1S/C14H12ClFN4O2/c15-9-7-8(1-2-10(9)16)20-6-4-12(14(20)22)18-13(21)11-3-5-17-19-11/h1-3,5,7,12H,4,6H2,(H,17,19)(H,18,21)/t12-/m0/s1. The Balaban J connectivity index is 1.72. The Kier molecular flexibility index (Phi) is 3.81. The molecule has 2 heterocycles. The van der Waals surface area contributed by atoms with Crippen molar-refractivity contribution in [3.05, 3.63) is 47.0 Å². The number of benzene rings is 1. The van der Waals surface area contributed by atoms with Gasteiger partial charge in [0.05, 0.1) is 5.02 Å². The smallest absolute Gasteiger partial charge is 0.269 e. The van der Waals surface area contributed by atoms with E-state index in [0.717, 1.165) is 0 Å². The number of H-pyrrole nitrogens is 1. The molecule has 0 spiro atoms. The van der Waals surface area contributed by atoms with Crippen LogP contribution in [0.4, 0.5) is 10.1 Å². The summed E-state index contributed by atoms with van der Waals surface area (Å²) < 4.78 is 13.2. The number of rotatable bonds is 3. The van der Waals surface area contributed by atoms with Crippen LogP contribution in [0.3, 0.4) is 0 Å². The Morgan fingerprint density at radius 1 is 1.45 bits per heavy atom. The highest BCUT2D eigenvalue weighted by Gasteiger charge is 2.34. The minimum atomic E-state index is -0.625. The monoisotopic (exact) mass is 322 g/mol. The van der Waals surface area contributed by atoms with Crippen LogP contribution < -0.4 is 10.2 Å². The first kappa shape index (κ1) is 14.5. The fraction of sp³-hybridized carbons (Fsp3) is 0.214. The third-order valence-corrected chi connectivity index (χ3v) is 3.76. The van der Waals surface area contributed by atoms with E-state index in [1.54, 1.807) is 0 Å². The highest BCUT2D eigenvalue weighted by molar-refractivity contribution is 6.31. The summed E-state index contributed by atoms with van der Waals surface area (Å²) in [5, 5.41) is 8.82. The first-order valence-electron chi connectivity index (χ1n) is 6.63. The van der Waals surface area contributed by atoms with Crippen LogP contribution in [-0.4, -0.2) is 34.6 Å². The number of hydrogen-bond acceptors (Lipinski definition) is 3. The quantitative estimate of drug-likeness (QED) is 0.903. The normalized spacial score (nSPS) is 17.8. The summed E-state index contributed by atoms with van der Waals surface area (Å²) in [5.41, 5.74) is 0.797. The van der Waals surface area contributed by atoms with Gasteiger partial charge < -0.3 is 10.2 Å². The molecule has 8 heteroatoms. The van der Waals surface area contributed by atoms with Gasteiger partial charge in [0, 0.05) is 18.4 Å². The molecule has 0 radical (unpaired) electrons. The van der Waals surface area contributed by atoms with Crippen LogP contribution >= 0.6 is 11.6 Å². The van der Waals surface area contributed by atoms with Crippen LogP contribution in [0.1, 0.15) is 16.9 Å². The van der Waals surface area contributed by atoms with E-state index in [1.807, 2.05) is 0 Å². The Morgan fingerprint density at radius 3 is 2.95 bits per heavy atom. The Morgan fingerprint density at radius 2 is 2.27 bits per heavy atom. The Bertz CT molecular complexity index is 720. The van der Waals surface area contributed by atoms with Crippen LogP contribution in [0.2, 0.25) is 5.02 Å². The average Bonchev–Trinajstić information content (AvgIpc) is 3.13. The molecule has 2 N–H and O–H groups in total. The number of carbonyl (C=O) groups is 2. The zero-order valence-electron chi connectivity index (χ0n) is 11.3. The topological polar surface area (TPSA) is 78.1 Å². The van der Waals surface area contributed by atoms with Crippen molar-refractivity contribution in [2.45, 2.75) is 12.5 Å². The largest absolute Gasteiger partial charge is 0.339 e. The molecule has 1 aliphatic heterocycles. The van der Waals surface area contributed by atoms with Crippen LogP contribution in [0.5, 0.6) is 0 Å².